The van der Waals surface area contributed by atoms with E-state index in [2.05, 4.69) is 10.2 Å². The number of fused-ring (bicyclic) bond motifs is 2. The number of aromatic hydroxyl groups is 2. The van der Waals surface area contributed by atoms with Crippen molar-refractivity contribution in [2.45, 2.75) is 6.10 Å². The third-order valence-corrected chi connectivity index (χ3v) is 5.21. The lowest BCUT2D eigenvalue weighted by Crippen LogP contribution is -2.35. The van der Waals surface area contributed by atoms with E-state index in [0.29, 0.717) is 28.0 Å². The van der Waals surface area contributed by atoms with Crippen LogP contribution in [-0.4, -0.2) is 39.3 Å². The van der Waals surface area contributed by atoms with Gasteiger partial charge in [0.2, 0.25) is 17.9 Å². The van der Waals surface area contributed by atoms with Crippen molar-refractivity contribution in [1.29, 1.82) is 0 Å². The van der Waals surface area contributed by atoms with Gasteiger partial charge in [0.25, 0.3) is 5.91 Å². The Balaban J connectivity index is 1.36. The minimum absolute atomic E-state index is 0.0434. The molecule has 0 radical (unpaired) electrons. The number of benzene rings is 3. The van der Waals surface area contributed by atoms with Crippen molar-refractivity contribution in [3.63, 3.8) is 0 Å². The van der Waals surface area contributed by atoms with Gasteiger partial charge in [0.15, 0.2) is 11.5 Å². The molecule has 0 bridgehead atoms. The molecule has 1 aliphatic rings. The third-order valence-electron chi connectivity index (χ3n) is 5.21. The molecule has 5 rings (SSSR count). The second-order valence-electron chi connectivity index (χ2n) is 7.29. The first-order valence-corrected chi connectivity index (χ1v) is 10.0. The van der Waals surface area contributed by atoms with Crippen LogP contribution in [0.5, 0.6) is 23.3 Å². The van der Waals surface area contributed by atoms with Crippen molar-refractivity contribution in [3.8, 4) is 28.9 Å². The number of rotatable bonds is 3. The van der Waals surface area contributed by atoms with E-state index in [1.807, 2.05) is 0 Å². The van der Waals surface area contributed by atoms with Crippen LogP contribution in [-0.2, 0) is 4.79 Å². The van der Waals surface area contributed by atoms with Crippen molar-refractivity contribution in [1.82, 2.24) is 4.57 Å². The highest BCUT2D eigenvalue weighted by Gasteiger charge is 2.27. The number of hydrogen-bond donors (Lipinski definition) is 2. The van der Waals surface area contributed by atoms with Crippen molar-refractivity contribution in [3.05, 3.63) is 78.4 Å². The molecular weight excluding hydrogens is 426 g/mol. The molecule has 0 spiro atoms. The van der Waals surface area contributed by atoms with Gasteiger partial charge in [-0.15, -0.1) is 10.2 Å². The molecular formula is C24H17N3O6. The van der Waals surface area contributed by atoms with E-state index in [4.69, 9.17) is 9.47 Å². The Morgan fingerprint density at radius 1 is 0.848 bits per heavy atom. The first-order valence-electron chi connectivity index (χ1n) is 10.0. The molecule has 3 aromatic carbocycles. The topological polar surface area (TPSA) is 123 Å². The van der Waals surface area contributed by atoms with Crippen LogP contribution in [0.4, 0.5) is 0 Å². The number of azo groups is 1. The fourth-order valence-electron chi connectivity index (χ4n) is 3.59. The first-order chi connectivity index (χ1) is 16.0. The van der Waals surface area contributed by atoms with Crippen molar-refractivity contribution >= 4 is 22.6 Å². The second kappa shape index (κ2) is 8.12. The maximum absolute atomic E-state index is 12.5. The van der Waals surface area contributed by atoms with E-state index in [0.717, 1.165) is 0 Å². The lowest BCUT2D eigenvalue weighted by atomic mass is 10.2. The Bertz CT molecular complexity index is 1390. The Morgan fingerprint density at radius 3 is 2.24 bits per heavy atom. The average molecular weight is 443 g/mol. The SMILES string of the molecule is O=C(N=NC(=O)C1COc2ccccc2O1)c1cccc(-n2c(O)c3ccccc3c2O)c1. The Hall–Kier alpha value is -4.66. The molecule has 4 aromatic rings. The molecule has 33 heavy (non-hydrogen) atoms. The van der Waals surface area contributed by atoms with Crippen molar-refractivity contribution < 1.29 is 29.3 Å². The van der Waals surface area contributed by atoms with Crippen LogP contribution in [0.25, 0.3) is 16.5 Å². The maximum Gasteiger partial charge on any atom is 0.308 e. The summed E-state index contributed by atoms with van der Waals surface area (Å²) in [5.74, 6) is -0.914. The summed E-state index contributed by atoms with van der Waals surface area (Å²) in [5.41, 5.74) is 0.459. The van der Waals surface area contributed by atoms with Crippen molar-refractivity contribution in [2.75, 3.05) is 6.61 Å². The molecule has 0 aliphatic carbocycles. The molecule has 0 fully saturated rings. The van der Waals surface area contributed by atoms with Gasteiger partial charge in [-0.2, -0.15) is 0 Å². The summed E-state index contributed by atoms with van der Waals surface area (Å²) in [6.07, 6.45) is -1.01. The molecule has 2 amide bonds. The van der Waals surface area contributed by atoms with E-state index >= 15 is 0 Å². The lowest BCUT2D eigenvalue weighted by molar-refractivity contribution is -0.127. The summed E-state index contributed by atoms with van der Waals surface area (Å²) in [7, 11) is 0. The van der Waals surface area contributed by atoms with E-state index in [1.165, 1.54) is 16.7 Å². The third kappa shape index (κ3) is 3.65. The number of para-hydroxylation sites is 2. The number of amides is 2. The molecule has 1 aromatic heterocycles. The van der Waals surface area contributed by atoms with Gasteiger partial charge in [0.05, 0.1) is 5.69 Å². The quantitative estimate of drug-likeness (QED) is 0.462. The Labute approximate surface area is 187 Å². The van der Waals surface area contributed by atoms with Gasteiger partial charge in [0.1, 0.15) is 6.61 Å². The molecule has 1 aliphatic heterocycles. The van der Waals surface area contributed by atoms with Crippen LogP contribution in [0.2, 0.25) is 0 Å². The highest BCUT2D eigenvalue weighted by atomic mass is 16.6. The maximum atomic E-state index is 12.5. The number of ether oxygens (including phenoxy) is 2. The molecule has 2 N–H and O–H groups in total. The molecule has 0 saturated carbocycles. The first kappa shape index (κ1) is 20.3. The number of nitrogens with zero attached hydrogens (tertiary/aromatic N) is 3. The van der Waals surface area contributed by atoms with Gasteiger partial charge < -0.3 is 19.7 Å². The summed E-state index contributed by atoms with van der Waals surface area (Å²) >= 11 is 0. The summed E-state index contributed by atoms with van der Waals surface area (Å²) in [4.78, 5) is 24.9. The smallest absolute Gasteiger partial charge is 0.308 e. The molecule has 9 nitrogen and oxygen atoms in total. The van der Waals surface area contributed by atoms with Crippen LogP contribution in [0.15, 0.2) is 83.0 Å². The Kier molecular flexibility index (Phi) is 4.98. The number of hydrogen-bond acceptors (Lipinski definition) is 6. The van der Waals surface area contributed by atoms with Gasteiger partial charge in [-0.1, -0.05) is 30.3 Å². The van der Waals surface area contributed by atoms with Crippen LogP contribution in [0.3, 0.4) is 0 Å². The van der Waals surface area contributed by atoms with Crippen LogP contribution in [0.1, 0.15) is 10.4 Å². The fourth-order valence-corrected chi connectivity index (χ4v) is 3.59. The average Bonchev–Trinajstić information content (AvgIpc) is 3.12. The molecule has 164 valence electrons. The molecule has 1 unspecified atom stereocenters. The minimum atomic E-state index is -1.01. The van der Waals surface area contributed by atoms with Gasteiger partial charge in [-0.05, 0) is 42.5 Å². The standard InChI is InChI=1S/C24H17N3O6/c28-21(25-26-22(29)20-13-32-18-10-3-4-11-19(18)33-20)14-6-5-7-15(12-14)27-23(30)16-8-1-2-9-17(16)24(27)31/h1-12,20,30-31H,13H2. The van der Waals surface area contributed by atoms with E-state index < -0.39 is 17.9 Å². The zero-order chi connectivity index (χ0) is 22.9. The van der Waals surface area contributed by atoms with Crippen molar-refractivity contribution in [2.24, 2.45) is 10.2 Å². The lowest BCUT2D eigenvalue weighted by Gasteiger charge is -2.23. The second-order valence-corrected chi connectivity index (χ2v) is 7.29. The van der Waals surface area contributed by atoms with Crippen LogP contribution < -0.4 is 9.47 Å². The molecule has 9 heteroatoms. The molecule has 1 atom stereocenters. The summed E-state index contributed by atoms with van der Waals surface area (Å²) in [5, 5.41) is 29.0. The van der Waals surface area contributed by atoms with Gasteiger partial charge in [-0.3, -0.25) is 14.2 Å². The van der Waals surface area contributed by atoms with Crippen LogP contribution >= 0.6 is 0 Å². The largest absolute Gasteiger partial charge is 0.494 e. The molecule has 0 saturated heterocycles. The van der Waals surface area contributed by atoms with Gasteiger partial charge >= 0.3 is 5.91 Å². The summed E-state index contributed by atoms with van der Waals surface area (Å²) in [6.45, 7) is -0.0434. The van der Waals surface area contributed by atoms with Gasteiger partial charge in [-0.25, -0.2) is 0 Å². The summed E-state index contributed by atoms with van der Waals surface area (Å²) in [6, 6.07) is 19.8. The van der Waals surface area contributed by atoms with E-state index in [-0.39, 0.29) is 23.9 Å². The highest BCUT2D eigenvalue weighted by Crippen LogP contribution is 2.38. The highest BCUT2D eigenvalue weighted by molar-refractivity contribution is 5.97. The predicted octanol–water partition coefficient (Wildman–Crippen LogP) is 4.00. The zero-order valence-corrected chi connectivity index (χ0v) is 17.1. The minimum Gasteiger partial charge on any atom is -0.494 e. The zero-order valence-electron chi connectivity index (χ0n) is 17.1. The summed E-state index contributed by atoms with van der Waals surface area (Å²) < 4.78 is 12.3. The van der Waals surface area contributed by atoms with Crippen LogP contribution in [0, 0.1) is 0 Å². The van der Waals surface area contributed by atoms with E-state index in [1.54, 1.807) is 60.7 Å². The monoisotopic (exact) mass is 443 g/mol. The molecule has 2 heterocycles. The fraction of sp³-hybridized carbons (Fsp3) is 0.0833. The van der Waals surface area contributed by atoms with Gasteiger partial charge in [0, 0.05) is 16.3 Å². The number of carbonyl (C=O) groups is 2. The van der Waals surface area contributed by atoms with E-state index in [9.17, 15) is 19.8 Å². The normalized spacial score (nSPS) is 15.1. The Morgan fingerprint density at radius 2 is 1.52 bits per heavy atom. The predicted molar refractivity (Wildman–Crippen MR) is 117 cm³/mol. The number of carbonyl (C=O) groups excluding carboxylic acids is 2. The number of aromatic nitrogens is 1.